The first-order chi connectivity index (χ1) is 13.7. The fraction of sp³-hybridized carbons (Fsp3) is 0.682. The maximum atomic E-state index is 12.4. The van der Waals surface area contributed by atoms with Crippen molar-refractivity contribution in [3.63, 3.8) is 0 Å². The van der Waals surface area contributed by atoms with E-state index >= 15 is 0 Å². The fourth-order valence-corrected chi connectivity index (χ4v) is 6.20. The number of nitrogens with zero attached hydrogens (tertiary/aromatic N) is 4. The molecule has 1 aliphatic heterocycles. The molecule has 0 aromatic carbocycles. The normalized spacial score (nSPS) is 25.2. The first kappa shape index (κ1) is 17.2. The third kappa shape index (κ3) is 2.92. The fourth-order valence-electron chi connectivity index (χ4n) is 4.82. The van der Waals surface area contributed by atoms with Gasteiger partial charge in [-0.1, -0.05) is 6.92 Å². The summed E-state index contributed by atoms with van der Waals surface area (Å²) >= 11 is 1.92. The lowest BCUT2D eigenvalue weighted by atomic mass is 9.89. The van der Waals surface area contributed by atoms with Gasteiger partial charge in [-0.05, 0) is 56.4 Å². The molecule has 2 aromatic heterocycles. The van der Waals surface area contributed by atoms with E-state index in [4.69, 9.17) is 9.97 Å². The van der Waals surface area contributed by atoms with Gasteiger partial charge in [0.2, 0.25) is 5.91 Å². The predicted octanol–water partition coefficient (Wildman–Crippen LogP) is 3.75. The summed E-state index contributed by atoms with van der Waals surface area (Å²) in [5, 5.41) is 1.33. The molecule has 3 heterocycles. The van der Waals surface area contributed by atoms with Crippen LogP contribution in [-0.4, -0.2) is 47.0 Å². The van der Waals surface area contributed by atoms with Crippen LogP contribution >= 0.6 is 11.3 Å². The minimum absolute atomic E-state index is 0.324. The van der Waals surface area contributed by atoms with Crippen molar-refractivity contribution in [3.8, 4) is 0 Å². The monoisotopic (exact) mass is 396 g/mol. The summed E-state index contributed by atoms with van der Waals surface area (Å²) in [7, 11) is 0. The summed E-state index contributed by atoms with van der Waals surface area (Å²) in [4.78, 5) is 29.8. The molecule has 1 atom stereocenters. The quantitative estimate of drug-likeness (QED) is 0.793. The van der Waals surface area contributed by atoms with Crippen molar-refractivity contribution in [2.24, 2.45) is 11.8 Å². The standard InChI is InChI=1S/C22H28N4OS/c1-13-2-7-16-17(12-13)28-21-18(16)20(23-19(24-21)14-3-4-14)25-8-10-26(11-9-25)22(27)15-5-6-15/h13-15H,2-12H2,1H3. The van der Waals surface area contributed by atoms with Crippen molar-refractivity contribution in [3.05, 3.63) is 16.3 Å². The highest BCUT2D eigenvalue weighted by molar-refractivity contribution is 7.19. The van der Waals surface area contributed by atoms with E-state index in [0.717, 1.165) is 63.0 Å². The van der Waals surface area contributed by atoms with Crippen LogP contribution in [0.4, 0.5) is 5.82 Å². The number of hydrogen-bond acceptors (Lipinski definition) is 5. The summed E-state index contributed by atoms with van der Waals surface area (Å²) in [6.07, 6.45) is 8.28. The topological polar surface area (TPSA) is 49.3 Å². The van der Waals surface area contributed by atoms with Crippen molar-refractivity contribution in [2.75, 3.05) is 31.1 Å². The van der Waals surface area contributed by atoms with Gasteiger partial charge >= 0.3 is 0 Å². The van der Waals surface area contributed by atoms with Crippen LogP contribution in [0.5, 0.6) is 0 Å². The molecule has 0 spiro atoms. The van der Waals surface area contributed by atoms with E-state index in [9.17, 15) is 4.79 Å². The number of amides is 1. The van der Waals surface area contributed by atoms with Gasteiger partial charge in [0.25, 0.3) is 0 Å². The van der Waals surface area contributed by atoms with Crippen LogP contribution in [0, 0.1) is 11.8 Å². The van der Waals surface area contributed by atoms with Gasteiger partial charge < -0.3 is 9.80 Å². The Bertz CT molecular complexity index is 938. The summed E-state index contributed by atoms with van der Waals surface area (Å²) in [6.45, 7) is 5.84. The molecule has 0 bridgehead atoms. The van der Waals surface area contributed by atoms with Gasteiger partial charge in [0, 0.05) is 42.9 Å². The average Bonchev–Trinajstić information content (AvgIpc) is 3.61. The van der Waals surface area contributed by atoms with Crippen LogP contribution < -0.4 is 4.90 Å². The predicted molar refractivity (Wildman–Crippen MR) is 112 cm³/mol. The molecule has 6 rings (SSSR count). The van der Waals surface area contributed by atoms with E-state index in [1.54, 1.807) is 4.88 Å². The number of carbonyl (C=O) groups excluding carboxylic acids is 1. The lowest BCUT2D eigenvalue weighted by Crippen LogP contribution is -2.49. The number of anilines is 1. The molecule has 3 fully saturated rings. The molecule has 148 valence electrons. The lowest BCUT2D eigenvalue weighted by molar-refractivity contribution is -0.132. The Hall–Kier alpha value is -1.69. The largest absolute Gasteiger partial charge is 0.352 e. The van der Waals surface area contributed by atoms with Crippen LogP contribution in [0.3, 0.4) is 0 Å². The Labute approximate surface area is 170 Å². The molecule has 4 aliphatic rings. The molecule has 1 saturated heterocycles. The number of thiophene rings is 1. The maximum absolute atomic E-state index is 12.4. The number of hydrogen-bond donors (Lipinski definition) is 0. The molecular weight excluding hydrogens is 368 g/mol. The number of carbonyl (C=O) groups is 1. The molecule has 1 amide bonds. The average molecular weight is 397 g/mol. The smallest absolute Gasteiger partial charge is 0.225 e. The minimum Gasteiger partial charge on any atom is -0.352 e. The van der Waals surface area contributed by atoms with Crippen LogP contribution in [0.25, 0.3) is 10.2 Å². The van der Waals surface area contributed by atoms with Crippen LogP contribution in [0.1, 0.15) is 61.2 Å². The van der Waals surface area contributed by atoms with Gasteiger partial charge in [0.15, 0.2) is 0 Å². The number of rotatable bonds is 3. The van der Waals surface area contributed by atoms with Crippen molar-refractivity contribution in [1.29, 1.82) is 0 Å². The lowest BCUT2D eigenvalue weighted by Gasteiger charge is -2.36. The van der Waals surface area contributed by atoms with Crippen molar-refractivity contribution < 1.29 is 4.79 Å². The van der Waals surface area contributed by atoms with E-state index in [0.29, 0.717) is 17.7 Å². The molecule has 1 unspecified atom stereocenters. The summed E-state index contributed by atoms with van der Waals surface area (Å²) < 4.78 is 0. The van der Waals surface area contributed by atoms with Crippen molar-refractivity contribution in [2.45, 2.75) is 57.8 Å². The molecular formula is C22H28N4OS. The Kier molecular flexibility index (Phi) is 3.94. The molecule has 0 N–H and O–H groups in total. The summed E-state index contributed by atoms with van der Waals surface area (Å²) in [6, 6.07) is 0. The van der Waals surface area contributed by atoms with Crippen LogP contribution in [0.2, 0.25) is 0 Å². The van der Waals surface area contributed by atoms with E-state index in [1.165, 1.54) is 41.5 Å². The number of aryl methyl sites for hydroxylation is 1. The highest BCUT2D eigenvalue weighted by Crippen LogP contribution is 2.45. The highest BCUT2D eigenvalue weighted by atomic mass is 32.1. The molecule has 2 aromatic rings. The third-order valence-corrected chi connectivity index (χ3v) is 8.06. The Morgan fingerprint density at radius 1 is 1.04 bits per heavy atom. The Balaban J connectivity index is 1.35. The van der Waals surface area contributed by atoms with E-state index in [2.05, 4.69) is 16.7 Å². The second-order valence-corrected chi connectivity index (χ2v) is 10.4. The van der Waals surface area contributed by atoms with Gasteiger partial charge in [-0.2, -0.15) is 0 Å². The third-order valence-electron chi connectivity index (χ3n) is 6.91. The van der Waals surface area contributed by atoms with E-state index < -0.39 is 0 Å². The zero-order chi connectivity index (χ0) is 18.8. The molecule has 2 saturated carbocycles. The van der Waals surface area contributed by atoms with Crippen molar-refractivity contribution >= 4 is 33.3 Å². The first-order valence-corrected chi connectivity index (χ1v) is 11.8. The Morgan fingerprint density at radius 3 is 2.54 bits per heavy atom. The zero-order valence-corrected chi connectivity index (χ0v) is 17.4. The minimum atomic E-state index is 0.324. The number of aromatic nitrogens is 2. The highest BCUT2D eigenvalue weighted by Gasteiger charge is 2.36. The second-order valence-electron chi connectivity index (χ2n) is 9.30. The van der Waals surface area contributed by atoms with Gasteiger partial charge in [0.05, 0.1) is 5.39 Å². The molecule has 0 radical (unpaired) electrons. The van der Waals surface area contributed by atoms with Gasteiger partial charge in [-0.3, -0.25) is 4.79 Å². The van der Waals surface area contributed by atoms with E-state index in [1.807, 2.05) is 11.3 Å². The van der Waals surface area contributed by atoms with Gasteiger partial charge in [0.1, 0.15) is 16.5 Å². The summed E-state index contributed by atoms with van der Waals surface area (Å²) in [5.74, 6) is 4.27. The van der Waals surface area contributed by atoms with Gasteiger partial charge in [-0.25, -0.2) is 9.97 Å². The van der Waals surface area contributed by atoms with Gasteiger partial charge in [-0.15, -0.1) is 11.3 Å². The second kappa shape index (κ2) is 6.41. The van der Waals surface area contributed by atoms with Crippen LogP contribution in [-0.2, 0) is 17.6 Å². The molecule has 5 nitrogen and oxygen atoms in total. The molecule has 3 aliphatic carbocycles. The van der Waals surface area contributed by atoms with E-state index in [-0.39, 0.29) is 0 Å². The SMILES string of the molecule is CC1CCc2c(sc3nc(C4CC4)nc(N4CCN(C(=O)C5CC5)CC4)c23)C1. The molecule has 6 heteroatoms. The van der Waals surface area contributed by atoms with Crippen molar-refractivity contribution in [1.82, 2.24) is 14.9 Å². The summed E-state index contributed by atoms with van der Waals surface area (Å²) in [5.41, 5.74) is 1.52. The van der Waals surface area contributed by atoms with Crippen LogP contribution in [0.15, 0.2) is 0 Å². The molecule has 28 heavy (non-hydrogen) atoms. The number of piperazine rings is 1. The number of fused-ring (bicyclic) bond motifs is 3. The Morgan fingerprint density at radius 2 is 1.82 bits per heavy atom. The zero-order valence-electron chi connectivity index (χ0n) is 16.6. The first-order valence-electron chi connectivity index (χ1n) is 11.0. The maximum Gasteiger partial charge on any atom is 0.225 e.